The van der Waals surface area contributed by atoms with E-state index >= 15 is 0 Å². The first kappa shape index (κ1) is 25.2. The number of carbonyl (C=O) groups is 3. The fourth-order valence-corrected chi connectivity index (χ4v) is 3.67. The van der Waals surface area contributed by atoms with Crippen LogP contribution < -0.4 is 26.5 Å². The first-order valence-electron chi connectivity index (χ1n) is 11.1. The number of nitrogen functional groups attached to an aromatic ring is 1. The minimum Gasteiger partial charge on any atom is -0.485 e. The molecule has 12 nitrogen and oxygen atoms in total. The molecule has 0 saturated carbocycles. The van der Waals surface area contributed by atoms with Crippen molar-refractivity contribution in [2.45, 2.75) is 19.2 Å². The maximum atomic E-state index is 13.0. The fraction of sp³-hybridized carbons (Fsp3) is 0.240. The van der Waals surface area contributed by atoms with Crippen LogP contribution in [0.1, 0.15) is 15.9 Å². The molecular formula is C25H23N3O9. The normalized spacial score (nSPS) is 14.0. The predicted molar refractivity (Wildman–Crippen MR) is 129 cm³/mol. The van der Waals surface area contributed by atoms with E-state index in [0.29, 0.717) is 21.6 Å². The van der Waals surface area contributed by atoms with Gasteiger partial charge in [-0.15, -0.1) is 0 Å². The number of carbonyl (C=O) groups excluding carboxylic acids is 3. The zero-order chi connectivity index (χ0) is 26.5. The lowest BCUT2D eigenvalue weighted by atomic mass is 10.1. The van der Waals surface area contributed by atoms with Gasteiger partial charge >= 0.3 is 17.6 Å². The number of hydrogen-bond acceptors (Lipinski definition) is 10. The minimum atomic E-state index is -1.14. The lowest BCUT2D eigenvalue weighted by Gasteiger charge is -2.24. The van der Waals surface area contributed by atoms with Gasteiger partial charge in [-0.2, -0.15) is 0 Å². The predicted octanol–water partition coefficient (Wildman–Crippen LogP) is 0.379. The molecule has 2 heterocycles. The van der Waals surface area contributed by atoms with Crippen LogP contribution in [0, 0.1) is 0 Å². The summed E-state index contributed by atoms with van der Waals surface area (Å²) < 4.78 is 22.2. The molecule has 3 aromatic rings. The number of Topliss-reactive ketones (excluding diaryl/α,β-unsaturated/α-hetero) is 1. The number of ether oxygens (including phenoxy) is 4. The minimum absolute atomic E-state index is 0.0836. The number of methoxy groups -OCH3 is 1. The van der Waals surface area contributed by atoms with Crippen LogP contribution in [-0.4, -0.2) is 53.3 Å². The van der Waals surface area contributed by atoms with Crippen molar-refractivity contribution in [3.05, 3.63) is 86.6 Å². The Kier molecular flexibility index (Phi) is 7.37. The van der Waals surface area contributed by atoms with E-state index in [9.17, 15) is 24.0 Å². The van der Waals surface area contributed by atoms with Crippen molar-refractivity contribution in [1.82, 2.24) is 9.13 Å². The lowest BCUT2D eigenvalue weighted by Crippen LogP contribution is -2.46. The molecule has 2 aromatic carbocycles. The van der Waals surface area contributed by atoms with Gasteiger partial charge in [-0.25, -0.2) is 14.2 Å². The molecule has 0 spiro atoms. The number of aromatic nitrogens is 2. The summed E-state index contributed by atoms with van der Waals surface area (Å²) >= 11 is 0. The van der Waals surface area contributed by atoms with Gasteiger partial charge in [0, 0.05) is 0 Å². The van der Waals surface area contributed by atoms with E-state index in [1.807, 2.05) is 0 Å². The molecule has 0 aliphatic carbocycles. The van der Waals surface area contributed by atoms with Gasteiger partial charge in [0.25, 0.3) is 5.56 Å². The number of ketones is 1. The van der Waals surface area contributed by atoms with E-state index in [4.69, 9.17) is 19.9 Å². The van der Waals surface area contributed by atoms with Crippen molar-refractivity contribution >= 4 is 23.5 Å². The molecule has 192 valence electrons. The Morgan fingerprint density at radius 3 is 2.38 bits per heavy atom. The number of para-hydroxylation sites is 2. The van der Waals surface area contributed by atoms with Crippen molar-refractivity contribution in [3.63, 3.8) is 0 Å². The van der Waals surface area contributed by atoms with Gasteiger partial charge in [-0.05, 0) is 17.7 Å². The van der Waals surface area contributed by atoms with E-state index in [0.717, 1.165) is 11.7 Å². The largest absolute Gasteiger partial charge is 0.485 e. The molecule has 37 heavy (non-hydrogen) atoms. The van der Waals surface area contributed by atoms with Crippen molar-refractivity contribution in [2.75, 3.05) is 26.1 Å². The third kappa shape index (κ3) is 5.37. The number of rotatable bonds is 8. The van der Waals surface area contributed by atoms with Crippen molar-refractivity contribution in [3.8, 4) is 11.5 Å². The highest BCUT2D eigenvalue weighted by Crippen LogP contribution is 2.31. The zero-order valence-electron chi connectivity index (χ0n) is 19.7. The summed E-state index contributed by atoms with van der Waals surface area (Å²) in [6.45, 7) is -1.82. The Morgan fingerprint density at radius 2 is 1.68 bits per heavy atom. The third-order valence-electron chi connectivity index (χ3n) is 5.56. The van der Waals surface area contributed by atoms with E-state index in [1.165, 1.54) is 0 Å². The Morgan fingerprint density at radius 1 is 1.00 bits per heavy atom. The Hall–Kier alpha value is -4.87. The summed E-state index contributed by atoms with van der Waals surface area (Å²) in [5, 5.41) is 0. The molecule has 0 saturated heterocycles. The zero-order valence-corrected chi connectivity index (χ0v) is 19.7. The van der Waals surface area contributed by atoms with Crippen LogP contribution in [0.5, 0.6) is 11.5 Å². The highest BCUT2D eigenvalue weighted by atomic mass is 16.6. The molecule has 12 heteroatoms. The summed E-state index contributed by atoms with van der Waals surface area (Å²) in [6, 6.07) is 15.4. The fourth-order valence-electron chi connectivity index (χ4n) is 3.67. The van der Waals surface area contributed by atoms with Gasteiger partial charge in [0.15, 0.2) is 18.1 Å². The summed E-state index contributed by atoms with van der Waals surface area (Å²) in [4.78, 5) is 63.5. The van der Waals surface area contributed by atoms with Gasteiger partial charge in [0.1, 0.15) is 24.5 Å². The van der Waals surface area contributed by atoms with Crippen LogP contribution in [0.25, 0.3) is 0 Å². The second kappa shape index (κ2) is 10.8. The molecular weight excluding hydrogens is 486 g/mol. The Balaban J connectivity index is 1.60. The van der Waals surface area contributed by atoms with E-state index in [1.54, 1.807) is 54.6 Å². The number of hydrogen-bond donors (Lipinski definition) is 1. The number of anilines is 1. The lowest BCUT2D eigenvalue weighted by molar-refractivity contribution is -0.153. The quantitative estimate of drug-likeness (QED) is 0.332. The SMILES string of the molecule is COC(=O)Cn1c(=O)c(C(=O)COC(=O)[C@H]2COc3ccccc3O2)c(N)n(Cc2ccccc2)c1=O. The van der Waals surface area contributed by atoms with Crippen molar-refractivity contribution in [1.29, 1.82) is 0 Å². The summed E-state index contributed by atoms with van der Waals surface area (Å²) in [6.07, 6.45) is -1.14. The Labute approximate surface area is 209 Å². The monoisotopic (exact) mass is 509 g/mol. The highest BCUT2D eigenvalue weighted by molar-refractivity contribution is 6.01. The maximum absolute atomic E-state index is 13.0. The molecule has 4 rings (SSSR count). The number of esters is 2. The van der Waals surface area contributed by atoms with Gasteiger partial charge < -0.3 is 24.7 Å². The third-order valence-corrected chi connectivity index (χ3v) is 5.56. The molecule has 1 aliphatic heterocycles. The summed E-state index contributed by atoms with van der Waals surface area (Å²) in [5.41, 5.74) is 4.14. The standard InChI is InChI=1S/C25H23N3O9/c1-34-20(30)12-28-23(31)21(22(26)27(25(28)33)11-15-7-3-2-4-8-15)16(29)13-36-24(32)19-14-35-17-9-5-6-10-18(17)37-19/h2-10,19H,11-14,26H2,1H3/t19-/m1/s1. The van der Waals surface area contributed by atoms with Crippen LogP contribution in [0.15, 0.2) is 64.2 Å². The topological polar surface area (TPSA) is 158 Å². The van der Waals surface area contributed by atoms with Gasteiger partial charge in [0.05, 0.1) is 13.7 Å². The Bertz CT molecular complexity index is 1460. The van der Waals surface area contributed by atoms with Crippen molar-refractivity contribution in [2.24, 2.45) is 0 Å². The molecule has 0 amide bonds. The second-order valence-corrected chi connectivity index (χ2v) is 7.98. The average molecular weight is 509 g/mol. The molecule has 0 bridgehead atoms. The van der Waals surface area contributed by atoms with Crippen LogP contribution in [-0.2, 0) is 32.2 Å². The number of benzene rings is 2. The molecule has 1 aliphatic rings. The summed E-state index contributed by atoms with van der Waals surface area (Å²) in [7, 11) is 1.09. The first-order valence-corrected chi connectivity index (χ1v) is 11.1. The molecule has 1 aromatic heterocycles. The molecule has 0 unspecified atom stereocenters. The molecule has 1 atom stereocenters. The van der Waals surface area contributed by atoms with Gasteiger partial charge in [0.2, 0.25) is 11.9 Å². The van der Waals surface area contributed by atoms with Crippen molar-refractivity contribution < 1.29 is 33.3 Å². The van der Waals surface area contributed by atoms with Crippen LogP contribution in [0.3, 0.4) is 0 Å². The van der Waals surface area contributed by atoms with Crippen LogP contribution in [0.2, 0.25) is 0 Å². The second-order valence-electron chi connectivity index (χ2n) is 7.98. The van der Waals surface area contributed by atoms with E-state index in [-0.39, 0.29) is 13.2 Å². The average Bonchev–Trinajstić information content (AvgIpc) is 2.92. The molecule has 0 radical (unpaired) electrons. The van der Waals surface area contributed by atoms with Crippen LogP contribution in [0.4, 0.5) is 5.82 Å². The van der Waals surface area contributed by atoms with Gasteiger partial charge in [-0.3, -0.25) is 19.0 Å². The highest BCUT2D eigenvalue weighted by Gasteiger charge is 2.30. The molecule has 2 N–H and O–H groups in total. The van der Waals surface area contributed by atoms with E-state index < -0.39 is 59.6 Å². The number of nitrogens with two attached hydrogens (primary N) is 1. The number of nitrogens with zero attached hydrogens (tertiary/aromatic N) is 2. The summed E-state index contributed by atoms with van der Waals surface area (Å²) in [5.74, 6) is -2.36. The maximum Gasteiger partial charge on any atom is 0.351 e. The van der Waals surface area contributed by atoms with Crippen LogP contribution >= 0.6 is 0 Å². The molecule has 0 fully saturated rings. The first-order chi connectivity index (χ1) is 17.8. The van der Waals surface area contributed by atoms with E-state index in [2.05, 4.69) is 4.74 Å². The van der Waals surface area contributed by atoms with Gasteiger partial charge in [-0.1, -0.05) is 42.5 Å². The smallest absolute Gasteiger partial charge is 0.351 e. The number of fused-ring (bicyclic) bond motifs is 1.